The molecule has 1 aliphatic carbocycles. The Morgan fingerprint density at radius 1 is 1.23 bits per heavy atom. The molecule has 5 heteroatoms. The van der Waals surface area contributed by atoms with Gasteiger partial charge in [-0.3, -0.25) is 14.9 Å². The summed E-state index contributed by atoms with van der Waals surface area (Å²) in [6, 6.07) is 12.8. The van der Waals surface area contributed by atoms with Crippen LogP contribution >= 0.6 is 0 Å². The van der Waals surface area contributed by atoms with Crippen molar-refractivity contribution in [1.82, 2.24) is 0 Å². The van der Waals surface area contributed by atoms with E-state index in [0.717, 1.165) is 12.0 Å². The van der Waals surface area contributed by atoms with Crippen molar-refractivity contribution in [2.75, 3.05) is 6.54 Å². The lowest BCUT2D eigenvalue weighted by molar-refractivity contribution is -0.485. The quantitative estimate of drug-likeness (QED) is 0.627. The number of benzene rings is 1. The van der Waals surface area contributed by atoms with Gasteiger partial charge < -0.3 is 4.42 Å². The number of rotatable bonds is 5. The Labute approximate surface area is 128 Å². The van der Waals surface area contributed by atoms with Crippen molar-refractivity contribution < 1.29 is 14.1 Å². The summed E-state index contributed by atoms with van der Waals surface area (Å²) in [5.41, 5.74) is -0.00706. The number of nitro groups is 1. The number of hydrogen-bond donors (Lipinski definition) is 0. The SMILES string of the molecule is O=C1CCC[C@@]1(c1ccccc1)[C@@H](C[N+](=O)[O-])c1ccco1. The smallest absolute Gasteiger partial charge is 0.215 e. The van der Waals surface area contributed by atoms with Gasteiger partial charge in [0.2, 0.25) is 6.54 Å². The van der Waals surface area contributed by atoms with E-state index in [9.17, 15) is 14.9 Å². The summed E-state index contributed by atoms with van der Waals surface area (Å²) in [5, 5.41) is 11.2. The van der Waals surface area contributed by atoms with Crippen LogP contribution in [0.4, 0.5) is 0 Å². The summed E-state index contributed by atoms with van der Waals surface area (Å²) in [7, 11) is 0. The van der Waals surface area contributed by atoms with Crippen LogP contribution in [0.1, 0.15) is 36.5 Å². The predicted molar refractivity (Wildman–Crippen MR) is 80.3 cm³/mol. The molecule has 1 fully saturated rings. The zero-order chi connectivity index (χ0) is 15.6. The van der Waals surface area contributed by atoms with Gasteiger partial charge >= 0.3 is 0 Å². The molecule has 3 rings (SSSR count). The van der Waals surface area contributed by atoms with E-state index in [2.05, 4.69) is 0 Å². The normalized spacial score (nSPS) is 22.6. The minimum Gasteiger partial charge on any atom is -0.469 e. The van der Waals surface area contributed by atoms with Gasteiger partial charge in [-0.25, -0.2) is 0 Å². The molecular weight excluding hydrogens is 282 g/mol. The topological polar surface area (TPSA) is 73.3 Å². The third-order valence-corrected chi connectivity index (χ3v) is 4.57. The van der Waals surface area contributed by atoms with Crippen LogP contribution in [0.15, 0.2) is 53.1 Å². The van der Waals surface area contributed by atoms with Gasteiger partial charge in [0, 0.05) is 11.3 Å². The predicted octanol–water partition coefficient (Wildman–Crippen LogP) is 3.33. The first-order valence-electron chi connectivity index (χ1n) is 7.38. The molecule has 0 amide bonds. The maximum absolute atomic E-state index is 12.8. The highest BCUT2D eigenvalue weighted by atomic mass is 16.6. The molecule has 0 saturated heterocycles. The fraction of sp³-hybridized carbons (Fsp3) is 0.353. The number of carbonyl (C=O) groups excluding carboxylic acids is 1. The summed E-state index contributed by atoms with van der Waals surface area (Å²) < 4.78 is 5.45. The fourth-order valence-electron chi connectivity index (χ4n) is 3.63. The molecule has 1 heterocycles. The second kappa shape index (κ2) is 5.75. The largest absolute Gasteiger partial charge is 0.469 e. The number of furan rings is 1. The first-order chi connectivity index (χ1) is 10.6. The van der Waals surface area contributed by atoms with Gasteiger partial charge in [-0.2, -0.15) is 0 Å². The number of nitrogens with zero attached hydrogens (tertiary/aromatic N) is 1. The van der Waals surface area contributed by atoms with Crippen LogP contribution in [-0.2, 0) is 10.2 Å². The van der Waals surface area contributed by atoms with E-state index < -0.39 is 11.3 Å². The molecule has 1 aromatic heterocycles. The average Bonchev–Trinajstić information content (AvgIpc) is 3.16. The van der Waals surface area contributed by atoms with Crippen molar-refractivity contribution in [2.45, 2.75) is 30.6 Å². The van der Waals surface area contributed by atoms with Crippen molar-refractivity contribution >= 4 is 5.78 Å². The van der Waals surface area contributed by atoms with Crippen molar-refractivity contribution in [3.63, 3.8) is 0 Å². The van der Waals surface area contributed by atoms with Gasteiger partial charge in [0.15, 0.2) is 0 Å². The summed E-state index contributed by atoms with van der Waals surface area (Å²) in [6.45, 7) is -0.311. The van der Waals surface area contributed by atoms with E-state index in [0.29, 0.717) is 18.6 Å². The van der Waals surface area contributed by atoms with Crippen molar-refractivity contribution in [1.29, 1.82) is 0 Å². The first kappa shape index (κ1) is 14.5. The van der Waals surface area contributed by atoms with E-state index in [1.807, 2.05) is 30.3 Å². The standard InChI is InChI=1S/C17H17NO4/c19-16-9-4-10-17(16,13-6-2-1-3-7-13)14(12-18(20)21)15-8-5-11-22-15/h1-3,5-8,11,14H,4,9-10,12H2/t14-,17+/m0/s1. The van der Waals surface area contributed by atoms with E-state index in [4.69, 9.17) is 4.42 Å². The number of ketones is 1. The molecule has 0 unspecified atom stereocenters. The Morgan fingerprint density at radius 3 is 2.55 bits per heavy atom. The van der Waals surface area contributed by atoms with Gasteiger partial charge in [-0.05, 0) is 30.5 Å². The number of hydrogen-bond acceptors (Lipinski definition) is 4. The van der Waals surface area contributed by atoms with E-state index in [1.54, 1.807) is 12.1 Å². The van der Waals surface area contributed by atoms with Gasteiger partial charge in [0.05, 0.1) is 17.6 Å². The lowest BCUT2D eigenvalue weighted by atomic mass is 9.67. The Balaban J connectivity index is 2.15. The van der Waals surface area contributed by atoms with Gasteiger partial charge in [-0.1, -0.05) is 30.3 Å². The molecule has 0 bridgehead atoms. The van der Waals surface area contributed by atoms with Gasteiger partial charge in [0.1, 0.15) is 11.5 Å². The highest BCUT2D eigenvalue weighted by Gasteiger charge is 2.53. The summed E-state index contributed by atoms with van der Waals surface area (Å²) in [4.78, 5) is 23.6. The molecule has 0 N–H and O–H groups in total. The maximum atomic E-state index is 12.8. The summed E-state index contributed by atoms with van der Waals surface area (Å²) >= 11 is 0. The van der Waals surface area contributed by atoms with Crippen LogP contribution in [0.5, 0.6) is 0 Å². The molecule has 1 aliphatic rings. The van der Waals surface area contributed by atoms with Crippen LogP contribution in [-0.4, -0.2) is 17.3 Å². The molecule has 1 aromatic carbocycles. The van der Waals surface area contributed by atoms with Crippen LogP contribution in [0.25, 0.3) is 0 Å². The highest BCUT2D eigenvalue weighted by molar-refractivity contribution is 5.93. The van der Waals surface area contributed by atoms with Crippen LogP contribution in [0.3, 0.4) is 0 Å². The molecule has 22 heavy (non-hydrogen) atoms. The maximum Gasteiger partial charge on any atom is 0.215 e. The second-order valence-corrected chi connectivity index (χ2v) is 5.70. The Hall–Kier alpha value is -2.43. The molecule has 2 aromatic rings. The van der Waals surface area contributed by atoms with Crippen LogP contribution in [0.2, 0.25) is 0 Å². The van der Waals surface area contributed by atoms with Gasteiger partial charge in [0.25, 0.3) is 0 Å². The first-order valence-corrected chi connectivity index (χ1v) is 7.38. The van der Waals surface area contributed by atoms with Crippen LogP contribution in [0, 0.1) is 10.1 Å². The summed E-state index contributed by atoms with van der Waals surface area (Å²) in [5.74, 6) is 0.00709. The summed E-state index contributed by atoms with van der Waals surface area (Å²) in [6.07, 6.45) is 3.34. The molecule has 0 radical (unpaired) electrons. The fourth-order valence-corrected chi connectivity index (χ4v) is 3.63. The Kier molecular flexibility index (Phi) is 3.79. The molecular formula is C17H17NO4. The van der Waals surface area contributed by atoms with Crippen molar-refractivity contribution in [2.24, 2.45) is 0 Å². The van der Waals surface area contributed by atoms with E-state index >= 15 is 0 Å². The zero-order valence-electron chi connectivity index (χ0n) is 12.1. The third kappa shape index (κ3) is 2.32. The second-order valence-electron chi connectivity index (χ2n) is 5.70. The number of Topliss-reactive ketones (excluding diaryl/α,β-unsaturated/α-hetero) is 1. The van der Waals surface area contributed by atoms with Crippen LogP contribution < -0.4 is 0 Å². The van der Waals surface area contributed by atoms with E-state index in [-0.39, 0.29) is 17.3 Å². The monoisotopic (exact) mass is 299 g/mol. The average molecular weight is 299 g/mol. The van der Waals surface area contributed by atoms with Crippen molar-refractivity contribution in [3.05, 3.63) is 70.2 Å². The lowest BCUT2D eigenvalue weighted by Crippen LogP contribution is -2.41. The third-order valence-electron chi connectivity index (χ3n) is 4.57. The minimum atomic E-state index is -0.855. The Morgan fingerprint density at radius 2 is 2.00 bits per heavy atom. The van der Waals surface area contributed by atoms with Crippen molar-refractivity contribution in [3.8, 4) is 0 Å². The molecule has 0 aliphatic heterocycles. The minimum absolute atomic E-state index is 0.0713. The lowest BCUT2D eigenvalue weighted by Gasteiger charge is -2.33. The number of carbonyl (C=O) groups is 1. The Bertz CT molecular complexity index is 665. The molecule has 114 valence electrons. The van der Waals surface area contributed by atoms with Gasteiger partial charge in [-0.15, -0.1) is 0 Å². The highest BCUT2D eigenvalue weighted by Crippen LogP contribution is 2.48. The molecule has 1 saturated carbocycles. The zero-order valence-corrected chi connectivity index (χ0v) is 12.1. The molecule has 0 spiro atoms. The molecule has 2 atom stereocenters. The van der Waals surface area contributed by atoms with E-state index in [1.165, 1.54) is 6.26 Å². The molecule has 5 nitrogen and oxygen atoms in total.